The largest absolute Gasteiger partial charge is 0.357 e. The van der Waals surface area contributed by atoms with Crippen molar-refractivity contribution in [2.45, 2.75) is 31.6 Å². The summed E-state index contributed by atoms with van der Waals surface area (Å²) in [7, 11) is 0. The van der Waals surface area contributed by atoms with Crippen molar-refractivity contribution in [1.29, 1.82) is 0 Å². The van der Waals surface area contributed by atoms with Crippen LogP contribution in [0.2, 0.25) is 0 Å². The van der Waals surface area contributed by atoms with Crippen molar-refractivity contribution < 1.29 is 0 Å². The molecule has 3 rings (SSSR count). The molecule has 0 spiro atoms. The minimum atomic E-state index is 0. The van der Waals surface area contributed by atoms with Crippen LogP contribution >= 0.6 is 51.7 Å². The first kappa shape index (κ1) is 19.8. The average Bonchev–Trinajstić information content (AvgIpc) is 3.18. The van der Waals surface area contributed by atoms with E-state index in [0.717, 1.165) is 34.9 Å². The highest BCUT2D eigenvalue weighted by molar-refractivity contribution is 14.0. The molecule has 2 aromatic rings. The second-order valence-electron chi connectivity index (χ2n) is 5.56. The summed E-state index contributed by atoms with van der Waals surface area (Å²) < 4.78 is 3.06. The molecule has 0 aromatic carbocycles. The number of halogens is 2. The van der Waals surface area contributed by atoms with Crippen molar-refractivity contribution in [2.24, 2.45) is 4.99 Å². The van der Waals surface area contributed by atoms with Crippen molar-refractivity contribution in [2.75, 3.05) is 18.8 Å². The van der Waals surface area contributed by atoms with Gasteiger partial charge in [0.1, 0.15) is 5.65 Å². The minimum Gasteiger partial charge on any atom is -0.357 e. The first-order valence-electron chi connectivity index (χ1n) is 8.01. The molecule has 1 unspecified atom stereocenters. The molecule has 0 bridgehead atoms. The maximum atomic E-state index is 4.66. The van der Waals surface area contributed by atoms with E-state index in [9.17, 15) is 0 Å². The topological polar surface area (TPSA) is 53.7 Å². The molecule has 1 aliphatic rings. The summed E-state index contributed by atoms with van der Waals surface area (Å²) in [6.45, 7) is 4.51. The van der Waals surface area contributed by atoms with Gasteiger partial charge < -0.3 is 15.0 Å². The lowest BCUT2D eigenvalue weighted by molar-refractivity contribution is 0.726. The van der Waals surface area contributed by atoms with Gasteiger partial charge in [0.25, 0.3) is 0 Å². The van der Waals surface area contributed by atoms with Crippen LogP contribution in [0.15, 0.2) is 34.0 Å². The molecule has 0 radical (unpaired) electrons. The average molecular weight is 524 g/mol. The Labute approximate surface area is 172 Å². The summed E-state index contributed by atoms with van der Waals surface area (Å²) in [6, 6.07) is 4.00. The highest BCUT2D eigenvalue weighted by Gasteiger charge is 2.15. The zero-order valence-electron chi connectivity index (χ0n) is 13.7. The standard InChI is InChI=1S/C16H22BrN5S.HI/c1-2-18-16(20-9-14-4-3-7-23-14)19-8-13-11-22-10-12(17)5-6-15(22)21-13;/h5-6,10-11,14H,2-4,7-9H2,1H3,(H2,18,19,20);1H. The summed E-state index contributed by atoms with van der Waals surface area (Å²) in [5, 5.41) is 7.47. The van der Waals surface area contributed by atoms with E-state index in [2.05, 4.69) is 55.2 Å². The van der Waals surface area contributed by atoms with Crippen LogP contribution < -0.4 is 10.6 Å². The van der Waals surface area contributed by atoms with Crippen LogP contribution in [0.1, 0.15) is 25.5 Å². The second kappa shape index (κ2) is 9.86. The van der Waals surface area contributed by atoms with Crippen LogP contribution in [0.5, 0.6) is 0 Å². The van der Waals surface area contributed by atoms with Crippen LogP contribution in [-0.4, -0.2) is 39.4 Å². The fourth-order valence-electron chi connectivity index (χ4n) is 2.61. The van der Waals surface area contributed by atoms with Gasteiger partial charge >= 0.3 is 0 Å². The normalized spacial score (nSPS) is 17.8. The summed E-state index contributed by atoms with van der Waals surface area (Å²) in [5.41, 5.74) is 1.91. The molecule has 5 nitrogen and oxygen atoms in total. The highest BCUT2D eigenvalue weighted by Crippen LogP contribution is 2.25. The van der Waals surface area contributed by atoms with Crippen LogP contribution in [-0.2, 0) is 6.54 Å². The van der Waals surface area contributed by atoms with E-state index in [1.54, 1.807) is 0 Å². The van der Waals surface area contributed by atoms with Crippen molar-refractivity contribution in [3.63, 3.8) is 0 Å². The first-order valence-corrected chi connectivity index (χ1v) is 9.85. The Bertz CT molecular complexity index is 684. The number of imidazole rings is 1. The van der Waals surface area contributed by atoms with Crippen molar-refractivity contribution >= 4 is 63.3 Å². The third kappa shape index (κ3) is 5.52. The van der Waals surface area contributed by atoms with E-state index in [-0.39, 0.29) is 24.0 Å². The van der Waals surface area contributed by atoms with E-state index >= 15 is 0 Å². The number of guanidine groups is 1. The Morgan fingerprint density at radius 2 is 2.29 bits per heavy atom. The molecule has 0 saturated carbocycles. The van der Waals surface area contributed by atoms with Crippen LogP contribution in [0.3, 0.4) is 0 Å². The number of pyridine rings is 1. The number of fused-ring (bicyclic) bond motifs is 1. The Morgan fingerprint density at radius 3 is 3.04 bits per heavy atom. The van der Waals surface area contributed by atoms with Gasteiger partial charge in [0, 0.05) is 35.2 Å². The molecule has 1 aliphatic heterocycles. The van der Waals surface area contributed by atoms with E-state index in [0.29, 0.717) is 11.8 Å². The Balaban J connectivity index is 0.00000208. The van der Waals surface area contributed by atoms with Crippen LogP contribution in [0.4, 0.5) is 0 Å². The number of rotatable bonds is 5. The summed E-state index contributed by atoms with van der Waals surface area (Å²) in [4.78, 5) is 9.26. The SMILES string of the molecule is CCNC(=NCc1cn2cc(Br)ccc2n1)NCC1CCCS1.I. The van der Waals surface area contributed by atoms with Gasteiger partial charge in [-0.2, -0.15) is 11.8 Å². The molecule has 24 heavy (non-hydrogen) atoms. The molecule has 8 heteroatoms. The van der Waals surface area contributed by atoms with E-state index in [1.165, 1.54) is 18.6 Å². The Morgan fingerprint density at radius 1 is 1.42 bits per heavy atom. The lowest BCUT2D eigenvalue weighted by Crippen LogP contribution is -2.40. The molecule has 132 valence electrons. The molecule has 0 aliphatic carbocycles. The molecule has 1 atom stereocenters. The van der Waals surface area contributed by atoms with Crippen LogP contribution in [0.25, 0.3) is 5.65 Å². The Hall–Kier alpha value is -0.480. The lowest BCUT2D eigenvalue weighted by atomic mass is 10.2. The minimum absolute atomic E-state index is 0. The van der Waals surface area contributed by atoms with Gasteiger partial charge in [-0.05, 0) is 53.6 Å². The van der Waals surface area contributed by atoms with Gasteiger partial charge in [-0.3, -0.25) is 0 Å². The monoisotopic (exact) mass is 523 g/mol. The smallest absolute Gasteiger partial charge is 0.191 e. The van der Waals surface area contributed by atoms with Gasteiger partial charge in [-0.25, -0.2) is 9.98 Å². The highest BCUT2D eigenvalue weighted by atomic mass is 127. The third-order valence-electron chi connectivity index (χ3n) is 3.73. The zero-order chi connectivity index (χ0) is 16.1. The summed E-state index contributed by atoms with van der Waals surface area (Å²) in [5.74, 6) is 2.16. The quantitative estimate of drug-likeness (QED) is 0.357. The second-order valence-corrected chi connectivity index (χ2v) is 7.88. The van der Waals surface area contributed by atoms with Crippen molar-refractivity contribution in [3.8, 4) is 0 Å². The van der Waals surface area contributed by atoms with Gasteiger partial charge in [0.15, 0.2) is 5.96 Å². The molecule has 1 fully saturated rings. The fourth-order valence-corrected chi connectivity index (χ4v) is 4.16. The number of nitrogens with zero attached hydrogens (tertiary/aromatic N) is 3. The maximum absolute atomic E-state index is 4.66. The number of thioether (sulfide) groups is 1. The predicted molar refractivity (Wildman–Crippen MR) is 117 cm³/mol. The van der Waals surface area contributed by atoms with E-state index in [4.69, 9.17) is 0 Å². The van der Waals surface area contributed by atoms with Crippen LogP contribution in [0, 0.1) is 0 Å². The van der Waals surface area contributed by atoms with E-state index < -0.39 is 0 Å². The summed E-state index contributed by atoms with van der Waals surface area (Å²) >= 11 is 5.53. The molecule has 0 amide bonds. The van der Waals surface area contributed by atoms with Gasteiger partial charge in [-0.1, -0.05) is 0 Å². The first-order chi connectivity index (χ1) is 11.2. The van der Waals surface area contributed by atoms with E-state index in [1.807, 2.05) is 28.9 Å². The molecular weight excluding hydrogens is 501 g/mol. The third-order valence-corrected chi connectivity index (χ3v) is 5.60. The molecule has 2 N–H and O–H groups in total. The number of hydrogen-bond donors (Lipinski definition) is 2. The van der Waals surface area contributed by atoms with Gasteiger partial charge in [0.2, 0.25) is 0 Å². The number of nitrogens with one attached hydrogen (secondary N) is 2. The molecular formula is C16H23BrIN5S. The van der Waals surface area contributed by atoms with Gasteiger partial charge in [0.05, 0.1) is 12.2 Å². The molecule has 1 saturated heterocycles. The summed E-state index contributed by atoms with van der Waals surface area (Å²) in [6.07, 6.45) is 6.68. The van der Waals surface area contributed by atoms with Crippen molar-refractivity contribution in [1.82, 2.24) is 20.0 Å². The maximum Gasteiger partial charge on any atom is 0.191 e. The van der Waals surface area contributed by atoms with Crippen molar-refractivity contribution in [3.05, 3.63) is 34.7 Å². The Kier molecular flexibility index (Phi) is 8.15. The fraction of sp³-hybridized carbons (Fsp3) is 0.500. The molecule has 2 aromatic heterocycles. The number of aromatic nitrogens is 2. The predicted octanol–water partition coefficient (Wildman–Crippen LogP) is 3.67. The lowest BCUT2D eigenvalue weighted by Gasteiger charge is -2.14. The van der Waals surface area contributed by atoms with Gasteiger partial charge in [-0.15, -0.1) is 24.0 Å². The number of hydrogen-bond acceptors (Lipinski definition) is 3. The molecule has 3 heterocycles. The zero-order valence-corrected chi connectivity index (χ0v) is 18.4. The number of aliphatic imine (C=N–C) groups is 1.